The van der Waals surface area contributed by atoms with Gasteiger partial charge in [-0.15, -0.1) is 0 Å². The third-order valence-electron chi connectivity index (χ3n) is 1.42. The van der Waals surface area contributed by atoms with E-state index in [1.165, 1.54) is 0 Å². The van der Waals surface area contributed by atoms with E-state index in [-0.39, 0.29) is 0 Å². The zero-order valence-corrected chi connectivity index (χ0v) is 7.27. The minimum atomic E-state index is 0.602. The van der Waals surface area contributed by atoms with E-state index in [1.807, 2.05) is 13.8 Å². The summed E-state index contributed by atoms with van der Waals surface area (Å²) in [5, 5.41) is 0. The number of anilines is 1. The summed E-state index contributed by atoms with van der Waals surface area (Å²) >= 11 is 4.54. The Hall–Kier alpha value is -1.03. The lowest BCUT2D eigenvalue weighted by Gasteiger charge is -2.02. The molecule has 0 saturated carbocycles. The van der Waals surface area contributed by atoms with Crippen molar-refractivity contribution in [2.75, 3.05) is 5.73 Å². The minimum Gasteiger partial charge on any atom is -0.397 e. The summed E-state index contributed by atoms with van der Waals surface area (Å²) in [6.07, 6.45) is 0. The van der Waals surface area contributed by atoms with Crippen molar-refractivity contribution in [1.82, 2.24) is 4.98 Å². The molecule has 0 atom stereocenters. The fraction of sp³-hybridized carbons (Fsp3) is 0.286. The lowest BCUT2D eigenvalue weighted by molar-refractivity contribution is 1.12. The van der Waals surface area contributed by atoms with Crippen LogP contribution in [0.25, 0.3) is 0 Å². The van der Waals surface area contributed by atoms with Crippen molar-refractivity contribution in [3.63, 3.8) is 0 Å². The van der Waals surface area contributed by atoms with Crippen molar-refractivity contribution in [2.24, 2.45) is 4.36 Å². The molecule has 0 spiro atoms. The van der Waals surface area contributed by atoms with Crippen molar-refractivity contribution >= 4 is 23.8 Å². The average Bonchev–Trinajstić information content (AvgIpc) is 1.85. The zero-order valence-electron chi connectivity index (χ0n) is 6.46. The maximum absolute atomic E-state index is 5.63. The second-order valence-corrected chi connectivity index (χ2v) is 2.56. The highest BCUT2D eigenvalue weighted by Crippen LogP contribution is 2.24. The molecule has 11 heavy (non-hydrogen) atoms. The van der Waals surface area contributed by atoms with Gasteiger partial charge in [-0.25, -0.2) is 0 Å². The molecule has 0 aliphatic heterocycles. The van der Waals surface area contributed by atoms with Crippen LogP contribution in [0.3, 0.4) is 0 Å². The van der Waals surface area contributed by atoms with Gasteiger partial charge in [-0.1, -0.05) is 0 Å². The van der Waals surface area contributed by atoms with Crippen LogP contribution in [-0.2, 0) is 12.4 Å². The van der Waals surface area contributed by atoms with E-state index in [9.17, 15) is 0 Å². The van der Waals surface area contributed by atoms with Crippen LogP contribution in [0.4, 0.5) is 11.4 Å². The van der Waals surface area contributed by atoms with E-state index in [0.717, 1.165) is 11.4 Å². The number of nitrogens with zero attached hydrogens (tertiary/aromatic N) is 2. The maximum atomic E-state index is 5.63. The van der Waals surface area contributed by atoms with Crippen molar-refractivity contribution < 1.29 is 0 Å². The highest BCUT2D eigenvalue weighted by molar-refractivity contribution is 7.47. The smallest absolute Gasteiger partial charge is 0.121 e. The number of pyridine rings is 1. The van der Waals surface area contributed by atoms with E-state index in [0.29, 0.717) is 11.4 Å². The van der Waals surface area contributed by atoms with Crippen LogP contribution in [0.15, 0.2) is 10.4 Å². The third kappa shape index (κ3) is 1.51. The number of aromatic nitrogens is 1. The fourth-order valence-electron chi connectivity index (χ4n) is 0.971. The molecule has 1 heterocycles. The first-order chi connectivity index (χ1) is 5.15. The number of rotatable bonds is 1. The van der Waals surface area contributed by atoms with Crippen molar-refractivity contribution in [3.05, 3.63) is 17.5 Å². The van der Waals surface area contributed by atoms with Gasteiger partial charge in [-0.3, -0.25) is 4.98 Å². The number of nitrogen functional groups attached to an aromatic ring is 1. The highest BCUT2D eigenvalue weighted by Gasteiger charge is 2.02. The predicted molar refractivity (Wildman–Crippen MR) is 47.6 cm³/mol. The molecule has 1 rings (SSSR count). The Bertz CT molecular complexity index is 273. The van der Waals surface area contributed by atoms with E-state index in [2.05, 4.69) is 21.8 Å². The predicted octanol–water partition coefficient (Wildman–Crippen LogP) is 1.64. The molecule has 0 radical (unpaired) electrons. The van der Waals surface area contributed by atoms with Crippen LogP contribution >= 0.6 is 0 Å². The summed E-state index contributed by atoms with van der Waals surface area (Å²) < 4.78 is 3.61. The van der Waals surface area contributed by atoms with Gasteiger partial charge in [0, 0.05) is 18.1 Å². The number of nitrogens with two attached hydrogens (primary N) is 1. The highest BCUT2D eigenvalue weighted by atomic mass is 32.1. The molecular formula is C7H9N3S. The second kappa shape index (κ2) is 2.92. The molecule has 0 unspecified atom stereocenters. The minimum absolute atomic E-state index is 0.602. The van der Waals surface area contributed by atoms with E-state index in [1.54, 1.807) is 6.07 Å². The molecule has 0 aliphatic rings. The normalized spacial score (nSPS) is 9.64. The molecule has 2 N–H and O–H groups in total. The molecule has 0 fully saturated rings. The van der Waals surface area contributed by atoms with Crippen molar-refractivity contribution in [3.8, 4) is 0 Å². The first kappa shape index (κ1) is 8.07. The number of aryl methyl sites for hydroxylation is 2. The van der Waals surface area contributed by atoms with Crippen LogP contribution in [0, 0.1) is 13.8 Å². The van der Waals surface area contributed by atoms with Crippen molar-refractivity contribution in [2.45, 2.75) is 13.8 Å². The largest absolute Gasteiger partial charge is 0.397 e. The van der Waals surface area contributed by atoms with Gasteiger partial charge < -0.3 is 5.73 Å². The van der Waals surface area contributed by atoms with Gasteiger partial charge in [0.05, 0.1) is 11.4 Å². The standard InChI is InChI=1S/C7H9N3S/c1-4-3-6(8)7(10-11)5(2)9-4/h3H,1-2H3,(H2,8,9). The van der Waals surface area contributed by atoms with Crippen LogP contribution in [-0.4, -0.2) is 4.98 Å². The van der Waals surface area contributed by atoms with Gasteiger partial charge in [-0.2, -0.15) is 4.36 Å². The summed E-state index contributed by atoms with van der Waals surface area (Å²) in [6, 6.07) is 1.76. The molecule has 0 bridgehead atoms. The Morgan fingerprint density at radius 2 is 2.18 bits per heavy atom. The quantitative estimate of drug-likeness (QED) is 0.691. The molecule has 0 aromatic carbocycles. The van der Waals surface area contributed by atoms with Crippen molar-refractivity contribution in [1.29, 1.82) is 0 Å². The summed E-state index contributed by atoms with van der Waals surface area (Å²) in [6.45, 7) is 3.73. The first-order valence-electron chi connectivity index (χ1n) is 3.22. The summed E-state index contributed by atoms with van der Waals surface area (Å²) in [4.78, 5) is 4.16. The number of hydrogen-bond donors (Lipinski definition) is 1. The molecule has 1 aromatic rings. The Labute approximate surface area is 70.8 Å². The molecule has 4 heteroatoms. The van der Waals surface area contributed by atoms with E-state index in [4.69, 9.17) is 5.73 Å². The molecule has 1 aromatic heterocycles. The Morgan fingerprint density at radius 3 is 2.64 bits per heavy atom. The monoisotopic (exact) mass is 167 g/mol. The van der Waals surface area contributed by atoms with Gasteiger partial charge in [0.2, 0.25) is 0 Å². The third-order valence-corrected chi connectivity index (χ3v) is 1.60. The molecule has 0 saturated heterocycles. The first-order valence-corrected chi connectivity index (χ1v) is 3.58. The van der Waals surface area contributed by atoms with Gasteiger partial charge in [0.25, 0.3) is 0 Å². The topological polar surface area (TPSA) is 51.3 Å². The molecule has 0 aliphatic carbocycles. The van der Waals surface area contributed by atoms with Gasteiger partial charge >= 0.3 is 0 Å². The molecule has 0 amide bonds. The van der Waals surface area contributed by atoms with E-state index < -0.39 is 0 Å². The van der Waals surface area contributed by atoms with Crippen LogP contribution in [0.1, 0.15) is 11.4 Å². The van der Waals surface area contributed by atoms with Gasteiger partial charge in [-0.05, 0) is 19.9 Å². The summed E-state index contributed by atoms with van der Waals surface area (Å²) in [5.41, 5.74) is 8.53. The Morgan fingerprint density at radius 1 is 1.55 bits per heavy atom. The lowest BCUT2D eigenvalue weighted by atomic mass is 10.2. The Balaban J connectivity index is 3.36. The molecular weight excluding hydrogens is 158 g/mol. The number of hydrogen-bond acceptors (Lipinski definition) is 4. The second-order valence-electron chi connectivity index (χ2n) is 2.38. The van der Waals surface area contributed by atoms with Crippen LogP contribution in [0.5, 0.6) is 0 Å². The summed E-state index contributed by atoms with van der Waals surface area (Å²) in [5.74, 6) is 0. The molecule has 58 valence electrons. The average molecular weight is 167 g/mol. The Kier molecular flexibility index (Phi) is 2.14. The fourth-order valence-corrected chi connectivity index (χ4v) is 1.21. The van der Waals surface area contributed by atoms with Crippen LogP contribution in [0.2, 0.25) is 0 Å². The summed E-state index contributed by atoms with van der Waals surface area (Å²) in [7, 11) is 0. The van der Waals surface area contributed by atoms with E-state index >= 15 is 0 Å². The molecule has 3 nitrogen and oxygen atoms in total. The zero-order chi connectivity index (χ0) is 8.43. The lowest BCUT2D eigenvalue weighted by Crippen LogP contribution is -1.92. The van der Waals surface area contributed by atoms with Crippen LogP contribution < -0.4 is 5.73 Å². The maximum Gasteiger partial charge on any atom is 0.121 e. The SMILES string of the molecule is Cc1cc(N)c(N=S)c(C)n1. The van der Waals surface area contributed by atoms with Gasteiger partial charge in [0.1, 0.15) is 5.69 Å². The van der Waals surface area contributed by atoms with Gasteiger partial charge in [0.15, 0.2) is 0 Å².